The van der Waals surface area contributed by atoms with Crippen molar-refractivity contribution in [2.24, 2.45) is 4.99 Å². The average molecular weight is 546 g/mol. The number of ether oxygens (including phenoxy) is 3. The molecule has 0 amide bonds. The highest BCUT2D eigenvalue weighted by atomic mass is 127. The summed E-state index contributed by atoms with van der Waals surface area (Å²) in [6, 6.07) is 6.29. The van der Waals surface area contributed by atoms with Crippen LogP contribution in [0.4, 0.5) is 0 Å². The zero-order chi connectivity index (χ0) is 21.8. The van der Waals surface area contributed by atoms with E-state index in [0.717, 1.165) is 69.7 Å². The van der Waals surface area contributed by atoms with Crippen LogP contribution >= 0.6 is 24.0 Å². The lowest BCUT2D eigenvalue weighted by atomic mass is 10.0. The van der Waals surface area contributed by atoms with Crippen LogP contribution in [-0.2, 0) is 4.74 Å². The van der Waals surface area contributed by atoms with Gasteiger partial charge in [0, 0.05) is 33.2 Å². The summed E-state index contributed by atoms with van der Waals surface area (Å²) in [6.45, 7) is 11.6. The number of hydrogen-bond acceptors (Lipinski definition) is 5. The third-order valence-electron chi connectivity index (χ3n) is 5.29. The van der Waals surface area contributed by atoms with E-state index < -0.39 is 0 Å². The Morgan fingerprint density at radius 2 is 2.00 bits per heavy atom. The number of aliphatic imine (C=N–C) groups is 1. The SMILES string of the molecule is C=CCCCN(C)C(=NCC(c1ccc(OC)c(OC)c1)N1CCOCC1)NCC.I. The first-order valence-electron chi connectivity index (χ1n) is 10.8. The van der Waals surface area contributed by atoms with Gasteiger partial charge in [-0.15, -0.1) is 30.6 Å². The van der Waals surface area contributed by atoms with Crippen molar-refractivity contribution in [3.8, 4) is 11.5 Å². The number of halogens is 1. The molecule has 1 saturated heterocycles. The van der Waals surface area contributed by atoms with Gasteiger partial charge in [-0.3, -0.25) is 9.89 Å². The monoisotopic (exact) mass is 546 g/mol. The lowest BCUT2D eigenvalue weighted by Gasteiger charge is -2.34. The van der Waals surface area contributed by atoms with Crippen LogP contribution in [-0.4, -0.2) is 83.0 Å². The zero-order valence-electron chi connectivity index (χ0n) is 19.4. The van der Waals surface area contributed by atoms with Crippen molar-refractivity contribution in [2.75, 3.05) is 67.2 Å². The summed E-state index contributed by atoms with van der Waals surface area (Å²) in [7, 11) is 5.42. The average Bonchev–Trinajstić information content (AvgIpc) is 2.79. The molecule has 1 aliphatic rings. The van der Waals surface area contributed by atoms with Crippen molar-refractivity contribution >= 4 is 29.9 Å². The van der Waals surface area contributed by atoms with Gasteiger partial charge in [-0.05, 0) is 37.5 Å². The minimum atomic E-state index is 0. The van der Waals surface area contributed by atoms with Gasteiger partial charge in [0.25, 0.3) is 0 Å². The Balaban J connectivity index is 0.00000480. The Morgan fingerprint density at radius 1 is 1.29 bits per heavy atom. The molecule has 1 fully saturated rings. The molecule has 0 spiro atoms. The summed E-state index contributed by atoms with van der Waals surface area (Å²) in [5, 5.41) is 3.42. The maximum atomic E-state index is 5.57. The van der Waals surface area contributed by atoms with Gasteiger partial charge >= 0.3 is 0 Å². The number of guanidine groups is 1. The van der Waals surface area contributed by atoms with E-state index in [1.165, 1.54) is 5.56 Å². The van der Waals surface area contributed by atoms with Crippen LogP contribution in [0.5, 0.6) is 11.5 Å². The van der Waals surface area contributed by atoms with Gasteiger partial charge < -0.3 is 24.4 Å². The number of hydrogen-bond donors (Lipinski definition) is 1. The van der Waals surface area contributed by atoms with Crippen LogP contribution in [0.15, 0.2) is 35.8 Å². The van der Waals surface area contributed by atoms with Gasteiger partial charge in [0.1, 0.15) is 0 Å². The molecule has 1 atom stereocenters. The summed E-state index contributed by atoms with van der Waals surface area (Å²) < 4.78 is 16.5. The fourth-order valence-electron chi connectivity index (χ4n) is 3.60. The maximum absolute atomic E-state index is 5.57. The van der Waals surface area contributed by atoms with E-state index in [2.05, 4.69) is 47.8 Å². The first kappa shape index (κ1) is 27.5. The third kappa shape index (κ3) is 8.50. The van der Waals surface area contributed by atoms with Gasteiger partial charge in [-0.25, -0.2) is 0 Å². The first-order chi connectivity index (χ1) is 14.6. The number of rotatable bonds is 11. The van der Waals surface area contributed by atoms with Gasteiger partial charge in [0.15, 0.2) is 17.5 Å². The second-order valence-corrected chi connectivity index (χ2v) is 7.33. The first-order valence-corrected chi connectivity index (χ1v) is 10.8. The summed E-state index contributed by atoms with van der Waals surface area (Å²) in [5.41, 5.74) is 1.17. The Labute approximate surface area is 204 Å². The molecule has 0 bridgehead atoms. The minimum absolute atomic E-state index is 0. The number of unbranched alkanes of at least 4 members (excludes halogenated alkanes) is 1. The normalized spacial score (nSPS) is 15.5. The molecule has 1 aliphatic heterocycles. The molecule has 1 N–H and O–H groups in total. The molecule has 8 heteroatoms. The fourth-order valence-corrected chi connectivity index (χ4v) is 3.60. The molecule has 2 rings (SSSR count). The molecule has 1 heterocycles. The molecule has 1 aromatic carbocycles. The van der Waals surface area contributed by atoms with Crippen LogP contribution in [0, 0.1) is 0 Å². The Morgan fingerprint density at radius 3 is 2.61 bits per heavy atom. The quantitative estimate of drug-likeness (QED) is 0.151. The molecule has 7 nitrogen and oxygen atoms in total. The maximum Gasteiger partial charge on any atom is 0.193 e. The van der Waals surface area contributed by atoms with E-state index in [1.807, 2.05) is 12.1 Å². The van der Waals surface area contributed by atoms with Crippen molar-refractivity contribution in [3.05, 3.63) is 36.4 Å². The molecule has 176 valence electrons. The largest absolute Gasteiger partial charge is 0.493 e. The van der Waals surface area contributed by atoms with E-state index in [4.69, 9.17) is 19.2 Å². The van der Waals surface area contributed by atoms with Crippen molar-refractivity contribution in [1.82, 2.24) is 15.1 Å². The van der Waals surface area contributed by atoms with E-state index in [0.29, 0.717) is 6.54 Å². The fraction of sp³-hybridized carbons (Fsp3) is 0.609. The summed E-state index contributed by atoms with van der Waals surface area (Å²) in [5.74, 6) is 2.41. The van der Waals surface area contributed by atoms with Gasteiger partial charge in [-0.1, -0.05) is 12.1 Å². The lowest BCUT2D eigenvalue weighted by Crippen LogP contribution is -2.42. The van der Waals surface area contributed by atoms with Crippen LogP contribution in [0.2, 0.25) is 0 Å². The second-order valence-electron chi connectivity index (χ2n) is 7.33. The van der Waals surface area contributed by atoms with E-state index in [-0.39, 0.29) is 30.0 Å². The summed E-state index contributed by atoms with van der Waals surface area (Å²) in [6.07, 6.45) is 4.03. The molecular weight excluding hydrogens is 507 g/mol. The van der Waals surface area contributed by atoms with E-state index in [9.17, 15) is 0 Å². The van der Waals surface area contributed by atoms with E-state index >= 15 is 0 Å². The second kappa shape index (κ2) is 15.3. The molecule has 0 aromatic heterocycles. The highest BCUT2D eigenvalue weighted by Gasteiger charge is 2.24. The van der Waals surface area contributed by atoms with Crippen LogP contribution in [0.1, 0.15) is 31.4 Å². The topological polar surface area (TPSA) is 58.6 Å². The van der Waals surface area contributed by atoms with Gasteiger partial charge in [0.2, 0.25) is 0 Å². The van der Waals surface area contributed by atoms with E-state index in [1.54, 1.807) is 14.2 Å². The molecule has 31 heavy (non-hydrogen) atoms. The number of methoxy groups -OCH3 is 2. The highest BCUT2D eigenvalue weighted by Crippen LogP contribution is 2.32. The summed E-state index contributed by atoms with van der Waals surface area (Å²) in [4.78, 5) is 9.63. The van der Waals surface area contributed by atoms with Crippen LogP contribution in [0.25, 0.3) is 0 Å². The number of benzene rings is 1. The standard InChI is InChI=1S/C23H38N4O3.HI/c1-6-8-9-12-26(3)23(24-7-2)25-18-20(27-13-15-30-16-14-27)19-10-11-21(28-4)22(17-19)29-5;/h6,10-11,17,20H,1,7-9,12-16,18H2,2-5H3,(H,24,25);1H. The molecular formula is C23H39IN4O3. The van der Waals surface area contributed by atoms with Crippen molar-refractivity contribution in [3.63, 3.8) is 0 Å². The predicted molar refractivity (Wildman–Crippen MR) is 138 cm³/mol. The Hall–Kier alpha value is -1.52. The number of morpholine rings is 1. The zero-order valence-corrected chi connectivity index (χ0v) is 21.8. The molecule has 1 aromatic rings. The van der Waals surface area contributed by atoms with Gasteiger partial charge in [0.05, 0.1) is 40.0 Å². The minimum Gasteiger partial charge on any atom is -0.493 e. The molecule has 1 unspecified atom stereocenters. The Bertz CT molecular complexity index is 681. The smallest absolute Gasteiger partial charge is 0.193 e. The van der Waals surface area contributed by atoms with Gasteiger partial charge in [-0.2, -0.15) is 0 Å². The van der Waals surface area contributed by atoms with Crippen LogP contribution in [0.3, 0.4) is 0 Å². The lowest BCUT2D eigenvalue weighted by molar-refractivity contribution is 0.0179. The van der Waals surface area contributed by atoms with Crippen molar-refractivity contribution in [2.45, 2.75) is 25.8 Å². The molecule has 0 radical (unpaired) electrons. The highest BCUT2D eigenvalue weighted by molar-refractivity contribution is 14.0. The Kier molecular flexibility index (Phi) is 13.6. The summed E-state index contributed by atoms with van der Waals surface area (Å²) >= 11 is 0. The predicted octanol–water partition coefficient (Wildman–Crippen LogP) is 3.56. The van der Waals surface area contributed by atoms with Crippen LogP contribution < -0.4 is 14.8 Å². The van der Waals surface area contributed by atoms with Crippen molar-refractivity contribution < 1.29 is 14.2 Å². The molecule has 0 saturated carbocycles. The van der Waals surface area contributed by atoms with Crippen molar-refractivity contribution in [1.29, 1.82) is 0 Å². The third-order valence-corrected chi connectivity index (χ3v) is 5.29. The number of nitrogens with one attached hydrogen (secondary N) is 1. The number of nitrogens with zero attached hydrogens (tertiary/aromatic N) is 3. The molecule has 0 aliphatic carbocycles. The number of allylic oxidation sites excluding steroid dienone is 1.